The van der Waals surface area contributed by atoms with Crippen molar-refractivity contribution in [2.75, 3.05) is 24.6 Å². The normalized spacial score (nSPS) is 15.1. The fraction of sp³-hybridized carbons (Fsp3) is 1.00. The van der Waals surface area contributed by atoms with Crippen molar-refractivity contribution in [3.63, 3.8) is 0 Å². The van der Waals surface area contributed by atoms with Crippen LogP contribution in [0.15, 0.2) is 0 Å². The Labute approximate surface area is 93.6 Å². The molecule has 0 aliphatic rings. The zero-order chi connectivity index (χ0) is 11.1. The topological polar surface area (TPSA) is 0 Å². The molecule has 0 aromatic rings. The number of hydrogen-bond acceptors (Lipinski definition) is 0. The van der Waals surface area contributed by atoms with Gasteiger partial charge in [-0.05, 0) is 0 Å². The van der Waals surface area contributed by atoms with E-state index in [4.69, 9.17) is 0 Å². The first-order valence-corrected chi connectivity index (χ1v) is 10.9. The summed E-state index contributed by atoms with van der Waals surface area (Å²) in [6, 6.07) is 0. The Morgan fingerprint density at radius 3 is 1.00 bits per heavy atom. The molecule has 0 fully saturated rings. The zero-order valence-corrected chi connectivity index (χ0v) is 12.7. The van der Waals surface area contributed by atoms with Crippen LogP contribution in [0, 0.1) is 0 Å². The van der Waals surface area contributed by atoms with Gasteiger partial charge in [0, 0.05) is 0 Å². The molecule has 88 valence electrons. The summed E-state index contributed by atoms with van der Waals surface area (Å²) in [6.45, 7) is 9.41. The van der Waals surface area contributed by atoms with E-state index in [0.29, 0.717) is 0 Å². The molecule has 2 heteroatoms. The summed E-state index contributed by atoms with van der Waals surface area (Å²) in [5.74, 6) is 0. The Hall–Kier alpha value is 0.860. The number of hydrogen-bond donors (Lipinski definition) is 0. The molecule has 14 heavy (non-hydrogen) atoms. The Kier molecular flexibility index (Phi) is 6.84. The van der Waals surface area contributed by atoms with Gasteiger partial charge in [-0.2, -0.15) is 0 Å². The summed E-state index contributed by atoms with van der Waals surface area (Å²) in [6.07, 6.45) is 10.2. The van der Waals surface area contributed by atoms with Crippen molar-refractivity contribution in [1.82, 2.24) is 0 Å². The van der Waals surface area contributed by atoms with Gasteiger partial charge in [0.05, 0.1) is 0 Å². The van der Waals surface area contributed by atoms with Crippen LogP contribution in [0.3, 0.4) is 0 Å². The van der Waals surface area contributed by atoms with E-state index >= 15 is 0 Å². The summed E-state index contributed by atoms with van der Waals surface area (Å²) < 4.78 is 0. The van der Waals surface area contributed by atoms with Crippen molar-refractivity contribution in [2.45, 2.75) is 53.4 Å². The molecule has 1 unspecified atom stereocenters. The molecule has 0 aromatic heterocycles. The van der Waals surface area contributed by atoms with Gasteiger partial charge in [-0.3, -0.25) is 0 Å². The van der Waals surface area contributed by atoms with Crippen molar-refractivity contribution in [2.24, 2.45) is 0 Å². The van der Waals surface area contributed by atoms with Gasteiger partial charge in [0.25, 0.3) is 0 Å². The average Bonchev–Trinajstić information content (AvgIpc) is 2.05. The molecule has 0 aromatic carbocycles. The second-order valence-corrected chi connectivity index (χ2v) is 15.3. The summed E-state index contributed by atoms with van der Waals surface area (Å²) in [5, 5.41) is 0. The van der Waals surface area contributed by atoms with Gasteiger partial charge in [0.15, 0.2) is 0 Å². The third-order valence-corrected chi connectivity index (χ3v) is 13.0. The Morgan fingerprint density at radius 1 is 0.643 bits per heavy atom. The van der Waals surface area contributed by atoms with Crippen LogP contribution in [0.2, 0.25) is 0 Å². The molecular formula is C12H30P2. The van der Waals surface area contributed by atoms with Crippen molar-refractivity contribution in [3.8, 4) is 0 Å². The third-order valence-electron chi connectivity index (χ3n) is 3.31. The molecule has 0 aliphatic carbocycles. The average molecular weight is 236 g/mol. The molecule has 0 saturated carbocycles. The van der Waals surface area contributed by atoms with Gasteiger partial charge >= 0.3 is 93.2 Å². The molecule has 0 radical (unpaired) electrons. The van der Waals surface area contributed by atoms with Gasteiger partial charge in [-0.25, -0.2) is 0 Å². The van der Waals surface area contributed by atoms with Crippen LogP contribution in [0.5, 0.6) is 0 Å². The quantitative estimate of drug-likeness (QED) is 0.522. The van der Waals surface area contributed by atoms with Crippen molar-refractivity contribution in [1.29, 1.82) is 0 Å². The molecular weight excluding hydrogens is 206 g/mol. The molecule has 0 rings (SSSR count). The number of rotatable bonds is 8. The van der Waals surface area contributed by atoms with Crippen molar-refractivity contribution in [3.05, 3.63) is 0 Å². The zero-order valence-electron chi connectivity index (χ0n) is 10.7. The monoisotopic (exact) mass is 236 g/mol. The fourth-order valence-electron chi connectivity index (χ4n) is 3.08. The Bertz CT molecular complexity index is 119. The van der Waals surface area contributed by atoms with Crippen molar-refractivity contribution < 1.29 is 0 Å². The minimum absolute atomic E-state index is 1.35. The third kappa shape index (κ3) is 4.16. The molecule has 1 atom stereocenters. The van der Waals surface area contributed by atoms with Crippen LogP contribution in [0.25, 0.3) is 0 Å². The first-order valence-electron chi connectivity index (χ1n) is 6.35. The first kappa shape index (κ1) is 14.9. The summed E-state index contributed by atoms with van der Waals surface area (Å²) >= 11 is 0. The van der Waals surface area contributed by atoms with Crippen LogP contribution in [0.1, 0.15) is 53.4 Å². The van der Waals surface area contributed by atoms with E-state index in [-0.39, 0.29) is 0 Å². The van der Waals surface area contributed by atoms with E-state index < -0.39 is 6.29 Å². The molecule has 0 aliphatic heterocycles. The maximum absolute atomic E-state index is 3.39. The van der Waals surface area contributed by atoms with Gasteiger partial charge < -0.3 is 0 Å². The SMILES string of the molecule is CCCP(P)(CCC)(CCC)CCC. The van der Waals surface area contributed by atoms with E-state index in [2.05, 4.69) is 36.6 Å². The summed E-state index contributed by atoms with van der Waals surface area (Å²) in [5.41, 5.74) is 0. The summed E-state index contributed by atoms with van der Waals surface area (Å²) in [7, 11) is 3.39. The van der Waals surface area contributed by atoms with E-state index in [1.165, 1.54) is 50.3 Å². The van der Waals surface area contributed by atoms with Crippen LogP contribution in [-0.2, 0) is 0 Å². The van der Waals surface area contributed by atoms with Crippen LogP contribution in [-0.4, -0.2) is 24.6 Å². The molecule has 0 amide bonds. The van der Waals surface area contributed by atoms with Gasteiger partial charge in [0.2, 0.25) is 0 Å². The van der Waals surface area contributed by atoms with Gasteiger partial charge in [-0.15, -0.1) is 0 Å². The Balaban J connectivity index is 4.69. The second kappa shape index (κ2) is 6.44. The molecule has 0 N–H and O–H groups in total. The predicted molar refractivity (Wildman–Crippen MR) is 77.3 cm³/mol. The maximum atomic E-state index is 3.39. The van der Waals surface area contributed by atoms with Crippen LogP contribution >= 0.6 is 15.2 Å². The van der Waals surface area contributed by atoms with Crippen LogP contribution in [0.4, 0.5) is 0 Å². The standard InChI is InChI=1S/C12H30P2/c1-5-9-14(13,10-6-2,11-7-3)12-8-4/h5-13H2,1-4H3. The van der Waals surface area contributed by atoms with Gasteiger partial charge in [0.1, 0.15) is 0 Å². The minimum atomic E-state index is -1.35. The predicted octanol–water partition coefficient (Wildman–Crippen LogP) is 4.97. The van der Waals surface area contributed by atoms with E-state index in [1.54, 1.807) is 0 Å². The molecule has 0 bridgehead atoms. The molecule has 0 heterocycles. The van der Waals surface area contributed by atoms with E-state index in [9.17, 15) is 0 Å². The molecule has 0 saturated heterocycles. The molecule has 0 spiro atoms. The van der Waals surface area contributed by atoms with E-state index in [0.717, 1.165) is 0 Å². The van der Waals surface area contributed by atoms with Crippen molar-refractivity contribution >= 4 is 15.2 Å². The first-order chi connectivity index (χ1) is 6.54. The Morgan fingerprint density at radius 2 is 0.857 bits per heavy atom. The van der Waals surface area contributed by atoms with Gasteiger partial charge in [-0.1, -0.05) is 0 Å². The fourth-order valence-corrected chi connectivity index (χ4v) is 12.4. The van der Waals surface area contributed by atoms with E-state index in [1.807, 2.05) is 0 Å². The second-order valence-electron chi connectivity index (χ2n) is 4.97. The summed E-state index contributed by atoms with van der Waals surface area (Å²) in [4.78, 5) is 0. The molecule has 0 nitrogen and oxygen atoms in total. The van der Waals surface area contributed by atoms with Crippen LogP contribution < -0.4 is 0 Å².